The number of benzene rings is 1. The minimum atomic E-state index is -3.87. The Morgan fingerprint density at radius 3 is 2.68 bits per heavy atom. The lowest BCUT2D eigenvalue weighted by molar-refractivity contribution is 0.102. The molecule has 0 saturated heterocycles. The Labute approximate surface area is 148 Å². The summed E-state index contributed by atoms with van der Waals surface area (Å²) < 4.78 is 28.5. The fourth-order valence-corrected chi connectivity index (χ4v) is 3.97. The Hall–Kier alpha value is -2.49. The van der Waals surface area contributed by atoms with E-state index in [9.17, 15) is 13.2 Å². The zero-order valence-electron chi connectivity index (χ0n) is 13.4. The van der Waals surface area contributed by atoms with E-state index in [0.717, 1.165) is 4.88 Å². The van der Waals surface area contributed by atoms with Crippen molar-refractivity contribution >= 4 is 33.0 Å². The average Bonchev–Trinajstić information content (AvgIpc) is 3.17. The van der Waals surface area contributed by atoms with Crippen LogP contribution in [-0.4, -0.2) is 19.3 Å². The van der Waals surface area contributed by atoms with Gasteiger partial charge in [-0.25, -0.2) is 18.5 Å². The topological polar surface area (TPSA) is 115 Å². The first-order chi connectivity index (χ1) is 11.8. The smallest absolute Gasteiger partial charge is 0.275 e. The van der Waals surface area contributed by atoms with Crippen molar-refractivity contribution < 1.29 is 17.6 Å². The normalized spacial score (nSPS) is 11.5. The summed E-state index contributed by atoms with van der Waals surface area (Å²) in [5.74, 6) is 0.148. The van der Waals surface area contributed by atoms with Gasteiger partial charge in [0, 0.05) is 10.6 Å². The molecule has 2 aromatic heterocycles. The van der Waals surface area contributed by atoms with Gasteiger partial charge in [-0.1, -0.05) is 6.07 Å². The number of primary sulfonamides is 1. The van der Waals surface area contributed by atoms with Crippen LogP contribution >= 0.6 is 11.3 Å². The van der Waals surface area contributed by atoms with Crippen LogP contribution in [0.25, 0.3) is 10.8 Å². The SMILES string of the molecule is Cc1ccc(NC(=O)c2nc(-c3ccco3)sc2C)cc1S(N)(=O)=O. The Bertz CT molecular complexity index is 1040. The number of thiazole rings is 1. The molecule has 9 heteroatoms. The highest BCUT2D eigenvalue weighted by Gasteiger charge is 2.19. The van der Waals surface area contributed by atoms with Gasteiger partial charge in [0.1, 0.15) is 5.69 Å². The van der Waals surface area contributed by atoms with E-state index in [0.29, 0.717) is 22.0 Å². The van der Waals surface area contributed by atoms with Crippen LogP contribution < -0.4 is 10.5 Å². The van der Waals surface area contributed by atoms with Crippen LogP contribution in [0.2, 0.25) is 0 Å². The highest BCUT2D eigenvalue weighted by Crippen LogP contribution is 2.28. The number of nitrogens with one attached hydrogen (secondary N) is 1. The zero-order valence-corrected chi connectivity index (χ0v) is 15.1. The summed E-state index contributed by atoms with van der Waals surface area (Å²) in [6.45, 7) is 3.41. The monoisotopic (exact) mass is 377 g/mol. The quantitative estimate of drug-likeness (QED) is 0.725. The van der Waals surface area contributed by atoms with Crippen molar-refractivity contribution in [3.05, 3.63) is 52.7 Å². The van der Waals surface area contributed by atoms with Crippen molar-refractivity contribution in [2.45, 2.75) is 18.7 Å². The number of furan rings is 1. The van der Waals surface area contributed by atoms with Crippen LogP contribution in [0.5, 0.6) is 0 Å². The van der Waals surface area contributed by atoms with Crippen LogP contribution in [0.4, 0.5) is 5.69 Å². The Kier molecular flexibility index (Phi) is 4.46. The van der Waals surface area contributed by atoms with E-state index in [4.69, 9.17) is 9.56 Å². The molecule has 3 N–H and O–H groups in total. The van der Waals surface area contributed by atoms with Crippen molar-refractivity contribution in [2.75, 3.05) is 5.32 Å². The summed E-state index contributed by atoms with van der Waals surface area (Å²) in [5.41, 5.74) is 1.09. The summed E-state index contributed by atoms with van der Waals surface area (Å²) in [6, 6.07) is 8.03. The van der Waals surface area contributed by atoms with Gasteiger partial charge >= 0.3 is 0 Å². The fraction of sp³-hybridized carbons (Fsp3) is 0.125. The van der Waals surface area contributed by atoms with Crippen LogP contribution in [0.15, 0.2) is 45.9 Å². The van der Waals surface area contributed by atoms with Gasteiger partial charge in [0.2, 0.25) is 10.0 Å². The third-order valence-corrected chi connectivity index (χ3v) is 5.53. The third kappa shape index (κ3) is 3.63. The van der Waals surface area contributed by atoms with Gasteiger partial charge in [0.05, 0.1) is 11.2 Å². The van der Waals surface area contributed by atoms with Gasteiger partial charge in [-0.2, -0.15) is 0 Å². The molecule has 2 heterocycles. The highest BCUT2D eigenvalue weighted by atomic mass is 32.2. The van der Waals surface area contributed by atoms with E-state index >= 15 is 0 Å². The molecular formula is C16H15N3O4S2. The Morgan fingerprint density at radius 1 is 1.28 bits per heavy atom. The molecule has 25 heavy (non-hydrogen) atoms. The van der Waals surface area contributed by atoms with Gasteiger partial charge in [-0.15, -0.1) is 11.3 Å². The molecule has 3 aromatic rings. The van der Waals surface area contributed by atoms with E-state index in [-0.39, 0.29) is 10.6 Å². The average molecular weight is 377 g/mol. The Balaban J connectivity index is 1.89. The minimum Gasteiger partial charge on any atom is -0.462 e. The number of hydrogen-bond donors (Lipinski definition) is 2. The molecular weight excluding hydrogens is 362 g/mol. The van der Waals surface area contributed by atoms with E-state index in [1.165, 1.54) is 23.7 Å². The standard InChI is InChI=1S/C16H15N3O4S2/c1-9-5-6-11(8-13(9)25(17,21)22)18-15(20)14-10(2)24-16(19-14)12-4-3-7-23-12/h3-8H,1-2H3,(H,18,20)(H2,17,21,22). The summed E-state index contributed by atoms with van der Waals surface area (Å²) in [5, 5.41) is 8.44. The number of nitrogens with zero attached hydrogens (tertiary/aromatic N) is 1. The molecule has 0 aliphatic heterocycles. The molecule has 0 aliphatic carbocycles. The predicted octanol–water partition coefficient (Wildman–Crippen LogP) is 2.92. The van der Waals surface area contributed by atoms with Gasteiger partial charge < -0.3 is 9.73 Å². The van der Waals surface area contributed by atoms with E-state index in [2.05, 4.69) is 10.3 Å². The highest BCUT2D eigenvalue weighted by molar-refractivity contribution is 7.89. The van der Waals surface area contributed by atoms with Crippen LogP contribution in [0.1, 0.15) is 20.9 Å². The number of aryl methyl sites for hydroxylation is 2. The van der Waals surface area contributed by atoms with E-state index in [1.54, 1.807) is 38.1 Å². The van der Waals surface area contributed by atoms with Crippen LogP contribution in [0, 0.1) is 13.8 Å². The molecule has 7 nitrogen and oxygen atoms in total. The summed E-state index contributed by atoms with van der Waals surface area (Å²) >= 11 is 1.34. The third-order valence-electron chi connectivity index (χ3n) is 3.50. The zero-order chi connectivity index (χ0) is 18.2. The maximum atomic E-state index is 12.5. The van der Waals surface area contributed by atoms with Crippen molar-refractivity contribution in [1.82, 2.24) is 4.98 Å². The second-order valence-electron chi connectivity index (χ2n) is 5.38. The van der Waals surface area contributed by atoms with Gasteiger partial charge in [-0.3, -0.25) is 4.79 Å². The van der Waals surface area contributed by atoms with E-state index in [1.807, 2.05) is 0 Å². The number of rotatable bonds is 4. The molecule has 0 unspecified atom stereocenters. The number of carbonyl (C=O) groups is 1. The molecule has 0 fully saturated rings. The second kappa shape index (κ2) is 6.43. The van der Waals surface area contributed by atoms with Gasteiger partial charge in [0.25, 0.3) is 5.91 Å². The summed E-state index contributed by atoms with van der Waals surface area (Å²) in [7, 11) is -3.87. The van der Waals surface area contributed by atoms with Crippen LogP contribution in [0.3, 0.4) is 0 Å². The maximum Gasteiger partial charge on any atom is 0.275 e. The first-order valence-electron chi connectivity index (χ1n) is 7.22. The number of hydrogen-bond acceptors (Lipinski definition) is 6. The number of carbonyl (C=O) groups excluding carboxylic acids is 1. The molecule has 0 atom stereocenters. The molecule has 3 rings (SSSR count). The molecule has 1 aromatic carbocycles. The number of anilines is 1. The Morgan fingerprint density at radius 2 is 2.04 bits per heavy atom. The lowest BCUT2D eigenvalue weighted by atomic mass is 10.2. The number of sulfonamides is 1. The number of aromatic nitrogens is 1. The maximum absolute atomic E-state index is 12.5. The summed E-state index contributed by atoms with van der Waals surface area (Å²) in [4.78, 5) is 17.5. The largest absolute Gasteiger partial charge is 0.462 e. The first-order valence-corrected chi connectivity index (χ1v) is 9.58. The molecule has 0 spiro atoms. The molecule has 1 amide bonds. The molecule has 0 radical (unpaired) electrons. The summed E-state index contributed by atoms with van der Waals surface area (Å²) in [6.07, 6.45) is 1.53. The van der Waals surface area contributed by atoms with Gasteiger partial charge in [-0.05, 0) is 43.7 Å². The minimum absolute atomic E-state index is 0.0309. The second-order valence-corrected chi connectivity index (χ2v) is 8.11. The number of amides is 1. The van der Waals surface area contributed by atoms with Crippen molar-refractivity contribution in [3.63, 3.8) is 0 Å². The van der Waals surface area contributed by atoms with Gasteiger partial charge in [0.15, 0.2) is 10.8 Å². The molecule has 0 aliphatic rings. The predicted molar refractivity (Wildman–Crippen MR) is 95.1 cm³/mol. The van der Waals surface area contributed by atoms with E-state index < -0.39 is 15.9 Å². The number of nitrogens with two attached hydrogens (primary N) is 1. The molecule has 0 saturated carbocycles. The van der Waals surface area contributed by atoms with Crippen LogP contribution in [-0.2, 0) is 10.0 Å². The van der Waals surface area contributed by atoms with Crippen molar-refractivity contribution in [2.24, 2.45) is 5.14 Å². The van der Waals surface area contributed by atoms with Crippen molar-refractivity contribution in [1.29, 1.82) is 0 Å². The fourth-order valence-electron chi connectivity index (χ4n) is 2.29. The first kappa shape index (κ1) is 17.3. The molecule has 0 bridgehead atoms. The molecule has 130 valence electrons. The lowest BCUT2D eigenvalue weighted by Gasteiger charge is -2.08. The lowest BCUT2D eigenvalue weighted by Crippen LogP contribution is -2.16. The van der Waals surface area contributed by atoms with Crippen molar-refractivity contribution in [3.8, 4) is 10.8 Å².